The van der Waals surface area contributed by atoms with Crippen LogP contribution in [0.25, 0.3) is 0 Å². The van der Waals surface area contributed by atoms with Crippen molar-refractivity contribution in [2.45, 2.75) is 64.0 Å². The molecule has 138 valence electrons. The quantitative estimate of drug-likeness (QED) is 0.628. The van der Waals surface area contributed by atoms with E-state index in [9.17, 15) is 14.7 Å². The number of nitrogens with one attached hydrogen (secondary N) is 3. The fourth-order valence-electron chi connectivity index (χ4n) is 2.90. The van der Waals surface area contributed by atoms with Crippen molar-refractivity contribution >= 4 is 12.0 Å². The van der Waals surface area contributed by atoms with Crippen LogP contribution in [0.2, 0.25) is 0 Å². The summed E-state index contributed by atoms with van der Waals surface area (Å²) in [6.45, 7) is 5.33. The summed E-state index contributed by atoms with van der Waals surface area (Å²) in [6, 6.07) is 0. The van der Waals surface area contributed by atoms with Gasteiger partial charge in [0.25, 0.3) is 0 Å². The van der Waals surface area contributed by atoms with E-state index < -0.39 is 17.2 Å². The SMILES string of the molecule is CC(C)(C)OC(=O)NC1(C(=O)NC2=CC=CNC=C2O)CCCCC1. The number of amides is 2. The summed E-state index contributed by atoms with van der Waals surface area (Å²) in [5, 5.41) is 18.2. The highest BCUT2D eigenvalue weighted by Crippen LogP contribution is 2.29. The molecular weight excluding hydrogens is 322 g/mol. The third kappa shape index (κ3) is 5.27. The van der Waals surface area contributed by atoms with E-state index in [-0.39, 0.29) is 17.4 Å². The molecule has 1 fully saturated rings. The second-order valence-corrected chi connectivity index (χ2v) is 7.36. The number of hydrogen-bond donors (Lipinski definition) is 4. The lowest BCUT2D eigenvalue weighted by molar-refractivity contribution is -0.128. The second-order valence-electron chi connectivity index (χ2n) is 7.36. The van der Waals surface area contributed by atoms with E-state index in [1.807, 2.05) is 0 Å². The molecule has 2 rings (SSSR count). The van der Waals surface area contributed by atoms with E-state index in [2.05, 4.69) is 16.0 Å². The normalized spacial score (nSPS) is 19.6. The van der Waals surface area contributed by atoms with Gasteiger partial charge >= 0.3 is 6.09 Å². The summed E-state index contributed by atoms with van der Waals surface area (Å²) in [7, 11) is 0. The van der Waals surface area contributed by atoms with Gasteiger partial charge in [0.2, 0.25) is 5.91 Å². The zero-order valence-electron chi connectivity index (χ0n) is 15.0. The van der Waals surface area contributed by atoms with Crippen LogP contribution >= 0.6 is 0 Å². The molecule has 0 atom stereocenters. The number of hydrogen-bond acceptors (Lipinski definition) is 5. The Morgan fingerprint density at radius 1 is 1.24 bits per heavy atom. The number of aliphatic hydroxyl groups is 1. The Labute approximate surface area is 148 Å². The van der Waals surface area contributed by atoms with Gasteiger partial charge in [-0.15, -0.1) is 0 Å². The first kappa shape index (κ1) is 18.9. The number of rotatable bonds is 3. The van der Waals surface area contributed by atoms with Crippen LogP contribution in [0.1, 0.15) is 52.9 Å². The molecule has 1 heterocycles. The van der Waals surface area contributed by atoms with Gasteiger partial charge in [-0.1, -0.05) is 19.3 Å². The molecule has 0 spiro atoms. The molecule has 1 aliphatic heterocycles. The van der Waals surface area contributed by atoms with Crippen molar-refractivity contribution in [3.63, 3.8) is 0 Å². The minimum Gasteiger partial charge on any atom is -0.504 e. The van der Waals surface area contributed by atoms with E-state index in [0.717, 1.165) is 19.3 Å². The Hall–Kier alpha value is -2.44. The van der Waals surface area contributed by atoms with Crippen molar-refractivity contribution in [2.75, 3.05) is 0 Å². The Bertz CT molecular complexity index is 608. The van der Waals surface area contributed by atoms with Crippen molar-refractivity contribution in [2.24, 2.45) is 0 Å². The maximum atomic E-state index is 12.9. The maximum absolute atomic E-state index is 12.9. The van der Waals surface area contributed by atoms with Gasteiger partial charge in [-0.2, -0.15) is 0 Å². The average Bonchev–Trinajstić information content (AvgIpc) is 2.71. The highest BCUT2D eigenvalue weighted by Gasteiger charge is 2.42. The Kier molecular flexibility index (Phi) is 5.77. The third-order valence-electron chi connectivity index (χ3n) is 4.08. The standard InChI is InChI=1S/C18H27N3O4/c1-17(2,3)25-16(24)21-18(9-5-4-6-10-18)15(23)20-13-8-7-11-19-12-14(13)22/h7-8,11-12,19,22H,4-6,9-10H2,1-3H3,(H,20,23)(H,21,24). The van der Waals surface area contributed by atoms with Gasteiger partial charge in [-0.05, 0) is 45.8 Å². The molecule has 0 saturated heterocycles. The van der Waals surface area contributed by atoms with Crippen LogP contribution in [0.5, 0.6) is 0 Å². The van der Waals surface area contributed by atoms with E-state index in [1.54, 1.807) is 39.1 Å². The van der Waals surface area contributed by atoms with E-state index in [0.29, 0.717) is 12.8 Å². The summed E-state index contributed by atoms with van der Waals surface area (Å²) in [4.78, 5) is 25.2. The third-order valence-corrected chi connectivity index (χ3v) is 4.08. The molecular formula is C18H27N3O4. The molecule has 25 heavy (non-hydrogen) atoms. The van der Waals surface area contributed by atoms with Gasteiger partial charge in [0.05, 0.1) is 5.70 Å². The molecule has 7 heteroatoms. The van der Waals surface area contributed by atoms with Crippen LogP contribution in [0.3, 0.4) is 0 Å². The summed E-state index contributed by atoms with van der Waals surface area (Å²) in [5.74, 6) is -0.430. The first-order chi connectivity index (χ1) is 11.7. The number of aliphatic hydroxyl groups excluding tert-OH is 1. The second kappa shape index (κ2) is 7.63. The number of carbonyl (C=O) groups excluding carboxylic acids is 2. The minimum atomic E-state index is -1.04. The van der Waals surface area contributed by atoms with Gasteiger partial charge in [0.1, 0.15) is 11.1 Å². The van der Waals surface area contributed by atoms with E-state index >= 15 is 0 Å². The Balaban J connectivity index is 2.15. The van der Waals surface area contributed by atoms with Crippen LogP contribution < -0.4 is 16.0 Å². The van der Waals surface area contributed by atoms with Crippen LogP contribution in [0.4, 0.5) is 4.79 Å². The molecule has 0 aromatic rings. The van der Waals surface area contributed by atoms with Crippen LogP contribution in [0, 0.1) is 0 Å². The first-order valence-electron chi connectivity index (χ1n) is 8.57. The van der Waals surface area contributed by atoms with Crippen molar-refractivity contribution in [3.05, 3.63) is 36.0 Å². The summed E-state index contributed by atoms with van der Waals surface area (Å²) in [6.07, 6.45) is 9.42. The summed E-state index contributed by atoms with van der Waals surface area (Å²) in [5.41, 5.74) is -1.40. The fourth-order valence-corrected chi connectivity index (χ4v) is 2.90. The van der Waals surface area contributed by atoms with Crippen LogP contribution in [-0.4, -0.2) is 28.2 Å². The van der Waals surface area contributed by atoms with Gasteiger partial charge in [0, 0.05) is 12.4 Å². The molecule has 0 aromatic heterocycles. The molecule has 1 saturated carbocycles. The fraction of sp³-hybridized carbons (Fsp3) is 0.556. The lowest BCUT2D eigenvalue weighted by atomic mass is 9.81. The first-order valence-corrected chi connectivity index (χ1v) is 8.57. The molecule has 1 aliphatic carbocycles. The maximum Gasteiger partial charge on any atom is 0.408 e. The van der Waals surface area contributed by atoms with Crippen LogP contribution in [-0.2, 0) is 9.53 Å². The summed E-state index contributed by atoms with van der Waals surface area (Å²) < 4.78 is 5.32. The molecule has 2 aliphatic rings. The van der Waals surface area contributed by atoms with Crippen molar-refractivity contribution in [1.29, 1.82) is 0 Å². The molecule has 4 N–H and O–H groups in total. The number of allylic oxidation sites excluding steroid dienone is 2. The van der Waals surface area contributed by atoms with Crippen molar-refractivity contribution < 1.29 is 19.4 Å². The largest absolute Gasteiger partial charge is 0.504 e. The summed E-state index contributed by atoms with van der Waals surface area (Å²) >= 11 is 0. The Morgan fingerprint density at radius 2 is 1.92 bits per heavy atom. The zero-order valence-corrected chi connectivity index (χ0v) is 15.0. The minimum absolute atomic E-state index is 0.0819. The molecule has 0 bridgehead atoms. The molecule has 2 amide bonds. The molecule has 7 nitrogen and oxygen atoms in total. The van der Waals surface area contributed by atoms with Crippen LogP contribution in [0.15, 0.2) is 36.0 Å². The number of alkyl carbamates (subject to hydrolysis) is 1. The molecule has 0 unspecified atom stereocenters. The van der Waals surface area contributed by atoms with Gasteiger partial charge in [0.15, 0.2) is 5.76 Å². The van der Waals surface area contributed by atoms with Gasteiger partial charge in [-0.3, -0.25) is 4.79 Å². The monoisotopic (exact) mass is 349 g/mol. The van der Waals surface area contributed by atoms with Crippen molar-refractivity contribution in [1.82, 2.24) is 16.0 Å². The van der Waals surface area contributed by atoms with E-state index in [1.165, 1.54) is 6.20 Å². The van der Waals surface area contributed by atoms with Gasteiger partial charge < -0.3 is 25.8 Å². The average molecular weight is 349 g/mol. The predicted octanol–water partition coefficient (Wildman–Crippen LogP) is 2.73. The van der Waals surface area contributed by atoms with E-state index in [4.69, 9.17) is 4.74 Å². The smallest absolute Gasteiger partial charge is 0.408 e. The number of ether oxygens (including phenoxy) is 1. The van der Waals surface area contributed by atoms with Gasteiger partial charge in [-0.25, -0.2) is 4.79 Å². The zero-order chi connectivity index (χ0) is 18.5. The predicted molar refractivity (Wildman–Crippen MR) is 94.4 cm³/mol. The lowest BCUT2D eigenvalue weighted by Gasteiger charge is -2.37. The highest BCUT2D eigenvalue weighted by molar-refractivity contribution is 5.91. The Morgan fingerprint density at radius 3 is 2.56 bits per heavy atom. The topological polar surface area (TPSA) is 99.7 Å². The molecule has 0 radical (unpaired) electrons. The number of carbonyl (C=O) groups is 2. The lowest BCUT2D eigenvalue weighted by Crippen LogP contribution is -2.60. The molecule has 0 aromatic carbocycles. The van der Waals surface area contributed by atoms with Crippen molar-refractivity contribution in [3.8, 4) is 0 Å². The highest BCUT2D eigenvalue weighted by atomic mass is 16.6.